The number of esters is 1. The fourth-order valence-electron chi connectivity index (χ4n) is 8.71. The van der Waals surface area contributed by atoms with E-state index in [1.807, 2.05) is 73.3 Å². The summed E-state index contributed by atoms with van der Waals surface area (Å²) in [5.41, 5.74) is 2.14. The second-order valence-electron chi connectivity index (χ2n) is 16.0. The predicted octanol–water partition coefficient (Wildman–Crippen LogP) is 2.07. The van der Waals surface area contributed by atoms with Gasteiger partial charge in [-0.2, -0.15) is 0 Å². The van der Waals surface area contributed by atoms with Crippen molar-refractivity contribution in [2.45, 2.75) is 95.0 Å². The molecule has 4 fully saturated rings. The molecule has 4 saturated heterocycles. The molecule has 4 aliphatic heterocycles. The number of aryl methyl sites for hydroxylation is 1. The molecule has 58 heavy (non-hydrogen) atoms. The zero-order valence-corrected chi connectivity index (χ0v) is 33.1. The Hall–Kier alpha value is -5.93. The van der Waals surface area contributed by atoms with Gasteiger partial charge in [0.25, 0.3) is 0 Å². The quantitative estimate of drug-likeness (QED) is 0.273. The number of urea groups is 1. The third kappa shape index (κ3) is 8.65. The molecule has 16 heteroatoms. The van der Waals surface area contributed by atoms with Gasteiger partial charge in [0.15, 0.2) is 0 Å². The number of rotatable bonds is 6. The summed E-state index contributed by atoms with van der Waals surface area (Å²) in [6.07, 6.45) is 4.92. The van der Waals surface area contributed by atoms with Crippen molar-refractivity contribution >= 4 is 58.1 Å². The fraction of sp³-hybridized carbons (Fsp3) is 0.500. The molecule has 0 radical (unpaired) electrons. The first-order valence-corrected chi connectivity index (χ1v) is 20.2. The van der Waals surface area contributed by atoms with Crippen LogP contribution in [-0.4, -0.2) is 123 Å². The van der Waals surface area contributed by atoms with Gasteiger partial charge < -0.3 is 45.3 Å². The molecule has 1 aromatic heterocycles. The molecule has 7 rings (SSSR count). The van der Waals surface area contributed by atoms with Crippen LogP contribution in [0.25, 0.3) is 10.9 Å². The Morgan fingerprint density at radius 1 is 0.845 bits per heavy atom. The lowest BCUT2D eigenvalue weighted by molar-refractivity contribution is -0.158. The molecule has 0 aliphatic carbocycles. The SMILES string of the molecule is C[C@@H]1C[C@H]2C(=O)OC[C@H](NC(=O)[C@H](Cc3ccccc3)NC(=O)Nc3ccc4ccn(C)c4c3)C(=O)N3CCC[C@H]3C(=O)N3CCCC[C@H]3C(=O)N[C@@H](C)C(=O)N2C1. The highest BCUT2D eigenvalue weighted by Crippen LogP contribution is 2.28. The summed E-state index contributed by atoms with van der Waals surface area (Å²) in [6.45, 7) is 3.67. The minimum atomic E-state index is -1.44. The van der Waals surface area contributed by atoms with Crippen molar-refractivity contribution in [2.24, 2.45) is 13.0 Å². The second-order valence-corrected chi connectivity index (χ2v) is 16.0. The number of fused-ring (bicyclic) bond motifs is 4. The lowest BCUT2D eigenvalue weighted by Gasteiger charge is -2.39. The zero-order valence-electron chi connectivity index (χ0n) is 33.1. The van der Waals surface area contributed by atoms with E-state index in [0.717, 1.165) is 16.5 Å². The van der Waals surface area contributed by atoms with Crippen LogP contribution in [0.2, 0.25) is 0 Å². The molecule has 16 nitrogen and oxygen atoms in total. The van der Waals surface area contributed by atoms with Gasteiger partial charge in [-0.25, -0.2) is 9.59 Å². The molecule has 5 heterocycles. The topological polar surface area (TPSA) is 191 Å². The molecule has 308 valence electrons. The Morgan fingerprint density at radius 2 is 1.59 bits per heavy atom. The molecule has 0 unspecified atom stereocenters. The lowest BCUT2D eigenvalue weighted by Crippen LogP contribution is -2.62. The molecule has 2 aromatic carbocycles. The number of hydrogen-bond acceptors (Lipinski definition) is 8. The summed E-state index contributed by atoms with van der Waals surface area (Å²) in [4.78, 5) is 102. The summed E-state index contributed by atoms with van der Waals surface area (Å²) in [5.74, 6) is -3.46. The van der Waals surface area contributed by atoms with Gasteiger partial charge >= 0.3 is 12.0 Å². The molecule has 4 aliphatic rings. The van der Waals surface area contributed by atoms with Gasteiger partial charge in [0.05, 0.1) is 0 Å². The van der Waals surface area contributed by atoms with Gasteiger partial charge in [0, 0.05) is 50.5 Å². The van der Waals surface area contributed by atoms with Gasteiger partial charge in [0.2, 0.25) is 29.5 Å². The van der Waals surface area contributed by atoms with Crippen LogP contribution < -0.4 is 21.3 Å². The van der Waals surface area contributed by atoms with Crippen LogP contribution in [0.5, 0.6) is 0 Å². The van der Waals surface area contributed by atoms with Crippen LogP contribution in [0.3, 0.4) is 0 Å². The largest absolute Gasteiger partial charge is 0.461 e. The van der Waals surface area contributed by atoms with E-state index in [1.54, 1.807) is 13.0 Å². The van der Waals surface area contributed by atoms with E-state index in [-0.39, 0.29) is 31.3 Å². The smallest absolute Gasteiger partial charge is 0.328 e. The third-order valence-electron chi connectivity index (χ3n) is 11.8. The maximum absolute atomic E-state index is 14.6. The van der Waals surface area contributed by atoms with Crippen LogP contribution in [0.1, 0.15) is 57.9 Å². The molecule has 7 amide bonds. The Morgan fingerprint density at radius 3 is 2.38 bits per heavy atom. The van der Waals surface area contributed by atoms with Gasteiger partial charge in [-0.3, -0.25) is 24.0 Å². The van der Waals surface area contributed by atoms with E-state index in [4.69, 9.17) is 4.74 Å². The number of carbonyl (C=O) groups excluding carboxylic acids is 7. The van der Waals surface area contributed by atoms with Crippen molar-refractivity contribution in [1.82, 2.24) is 35.2 Å². The van der Waals surface area contributed by atoms with Crippen molar-refractivity contribution < 1.29 is 38.3 Å². The fourth-order valence-corrected chi connectivity index (χ4v) is 8.71. The zero-order chi connectivity index (χ0) is 41.1. The highest BCUT2D eigenvalue weighted by Gasteiger charge is 2.46. The first-order valence-electron chi connectivity index (χ1n) is 20.2. The normalized spacial score (nSPS) is 26.3. The van der Waals surface area contributed by atoms with Crippen molar-refractivity contribution in [3.05, 3.63) is 66.4 Å². The monoisotopic (exact) mass is 796 g/mol. The van der Waals surface area contributed by atoms with Crippen LogP contribution in [0.4, 0.5) is 10.5 Å². The number of nitrogens with zero attached hydrogens (tertiary/aromatic N) is 4. The number of benzene rings is 2. The molecular weight excluding hydrogens is 745 g/mol. The molecule has 7 atom stereocenters. The Balaban J connectivity index is 1.17. The molecule has 3 aromatic rings. The van der Waals surface area contributed by atoms with E-state index in [0.29, 0.717) is 50.8 Å². The number of amides is 7. The van der Waals surface area contributed by atoms with Gasteiger partial charge in [-0.05, 0) is 80.5 Å². The average molecular weight is 797 g/mol. The standard InChI is InChI=1S/C42H52N8O8/c1-25-20-35-41(56)58-24-31(39(54)49-18-9-13-33(49)40(55)48-17-8-7-12-32(48)37(52)43-26(2)38(53)50(35)23-25)45-36(51)30(21-27-10-5-4-6-11-27)46-42(57)44-29-15-14-28-16-19-47(3)34(28)22-29/h4-6,10-11,14-16,19,22,25-26,30-33,35H,7-9,12-13,17-18,20-21,23-24H2,1-3H3,(H,43,52)(H,45,51)(H2,44,46,57)/t25-,26+,30+,31+,32+,33+,35+/m1/s1. The summed E-state index contributed by atoms with van der Waals surface area (Å²) < 4.78 is 7.69. The molecular formula is C42H52N8O8. The first-order chi connectivity index (χ1) is 27.9. The average Bonchev–Trinajstić information content (AvgIpc) is 3.97. The number of ether oxygens (including phenoxy) is 1. The van der Waals surface area contributed by atoms with E-state index >= 15 is 0 Å². The summed E-state index contributed by atoms with van der Waals surface area (Å²) in [5, 5.41) is 12.1. The van der Waals surface area contributed by atoms with E-state index < -0.39 is 78.5 Å². The maximum atomic E-state index is 14.6. The number of cyclic esters (lactones) is 1. The predicted molar refractivity (Wildman–Crippen MR) is 213 cm³/mol. The minimum absolute atomic E-state index is 0.0502. The van der Waals surface area contributed by atoms with Crippen molar-refractivity contribution in [3.8, 4) is 0 Å². The van der Waals surface area contributed by atoms with Gasteiger partial charge in [-0.1, -0.05) is 43.3 Å². The number of piperidine rings is 1. The summed E-state index contributed by atoms with van der Waals surface area (Å²) in [7, 11) is 1.90. The van der Waals surface area contributed by atoms with Crippen LogP contribution in [0, 0.1) is 5.92 Å². The highest BCUT2D eigenvalue weighted by atomic mass is 16.5. The van der Waals surface area contributed by atoms with Gasteiger partial charge in [0.1, 0.15) is 42.9 Å². The van der Waals surface area contributed by atoms with E-state index in [1.165, 1.54) is 14.7 Å². The van der Waals surface area contributed by atoms with Crippen molar-refractivity contribution in [1.29, 1.82) is 0 Å². The first kappa shape index (κ1) is 40.3. The van der Waals surface area contributed by atoms with Crippen LogP contribution in [-0.2, 0) is 47.0 Å². The number of hydrogen-bond donors (Lipinski definition) is 4. The minimum Gasteiger partial charge on any atom is -0.461 e. The van der Waals surface area contributed by atoms with Crippen LogP contribution in [0.15, 0.2) is 60.8 Å². The van der Waals surface area contributed by atoms with E-state index in [9.17, 15) is 33.6 Å². The van der Waals surface area contributed by atoms with Gasteiger partial charge in [-0.15, -0.1) is 0 Å². The number of carbonyl (C=O) groups is 7. The molecule has 0 saturated carbocycles. The Labute approximate surface area is 337 Å². The maximum Gasteiger partial charge on any atom is 0.328 e. The third-order valence-corrected chi connectivity index (χ3v) is 11.8. The second kappa shape index (κ2) is 17.3. The van der Waals surface area contributed by atoms with Crippen molar-refractivity contribution in [3.63, 3.8) is 0 Å². The van der Waals surface area contributed by atoms with Crippen LogP contribution >= 0.6 is 0 Å². The Kier molecular flexibility index (Phi) is 12.0. The Bertz CT molecular complexity index is 2070. The van der Waals surface area contributed by atoms with Crippen molar-refractivity contribution in [2.75, 3.05) is 31.6 Å². The molecule has 4 N–H and O–H groups in total. The highest BCUT2D eigenvalue weighted by molar-refractivity contribution is 5.99. The lowest BCUT2D eigenvalue weighted by atomic mass is 9.99. The molecule has 0 spiro atoms. The summed E-state index contributed by atoms with van der Waals surface area (Å²) >= 11 is 0. The number of aromatic nitrogens is 1. The molecule has 0 bridgehead atoms. The number of nitrogens with one attached hydrogen (secondary N) is 4. The summed E-state index contributed by atoms with van der Waals surface area (Å²) in [6, 6.07) is 9.52. The van der Waals surface area contributed by atoms with E-state index in [2.05, 4.69) is 21.3 Å². The number of anilines is 1.